The maximum atomic E-state index is 11.8. The van der Waals surface area contributed by atoms with E-state index in [1.165, 1.54) is 12.4 Å². The van der Waals surface area contributed by atoms with E-state index in [0.717, 1.165) is 5.56 Å². The summed E-state index contributed by atoms with van der Waals surface area (Å²) in [6, 6.07) is -0.0498. The normalized spacial score (nSPS) is 12.3. The van der Waals surface area contributed by atoms with Crippen molar-refractivity contribution in [1.29, 1.82) is 0 Å². The molecular weight excluding hydrogens is 282 g/mol. The summed E-state index contributed by atoms with van der Waals surface area (Å²) < 4.78 is 1.67. The molecule has 2 aromatic heterocycles. The van der Waals surface area contributed by atoms with E-state index in [1.54, 1.807) is 29.5 Å². The summed E-state index contributed by atoms with van der Waals surface area (Å²) >= 11 is 0. The minimum Gasteiger partial charge on any atom is -0.348 e. The van der Waals surface area contributed by atoms with E-state index in [-0.39, 0.29) is 11.9 Å². The first-order chi connectivity index (χ1) is 10.5. The number of nitrogens with one attached hydrogen (secondary N) is 1. The van der Waals surface area contributed by atoms with Crippen LogP contribution in [0.15, 0.2) is 31.1 Å². The van der Waals surface area contributed by atoms with Crippen molar-refractivity contribution in [2.24, 2.45) is 0 Å². The van der Waals surface area contributed by atoms with Gasteiger partial charge in [-0.05, 0) is 13.0 Å². The number of hydrogen-bond acceptors (Lipinski definition) is 6. The maximum absolute atomic E-state index is 11.8. The topological polar surface area (TPSA) is 88.8 Å². The zero-order chi connectivity index (χ0) is 15.9. The molecule has 1 atom stereocenters. The van der Waals surface area contributed by atoms with E-state index < -0.39 is 0 Å². The molecule has 0 saturated carbocycles. The van der Waals surface area contributed by atoms with Crippen LogP contribution in [0.25, 0.3) is 6.08 Å². The quantitative estimate of drug-likeness (QED) is 0.775. The molecule has 116 valence electrons. The Kier molecular flexibility index (Phi) is 5.18. The van der Waals surface area contributed by atoms with E-state index in [2.05, 4.69) is 25.4 Å². The van der Waals surface area contributed by atoms with Crippen LogP contribution in [0.3, 0.4) is 0 Å². The molecule has 0 aliphatic rings. The number of hydrogen-bond donors (Lipinski definition) is 1. The fourth-order valence-corrected chi connectivity index (χ4v) is 1.76. The van der Waals surface area contributed by atoms with Crippen LogP contribution in [0, 0.1) is 0 Å². The fraction of sp³-hybridized carbons (Fsp3) is 0.357. The second-order valence-electron chi connectivity index (χ2n) is 5.07. The molecule has 0 spiro atoms. The maximum Gasteiger partial charge on any atom is 0.244 e. The minimum absolute atomic E-state index is 0.0498. The third-order valence-corrected chi connectivity index (χ3v) is 2.80. The lowest BCUT2D eigenvalue weighted by atomic mass is 10.3. The monoisotopic (exact) mass is 301 g/mol. The molecule has 2 aromatic rings. The van der Waals surface area contributed by atoms with Gasteiger partial charge in [0.1, 0.15) is 12.7 Å². The van der Waals surface area contributed by atoms with E-state index >= 15 is 0 Å². The Hall–Kier alpha value is -2.77. The van der Waals surface area contributed by atoms with Crippen molar-refractivity contribution in [2.45, 2.75) is 19.5 Å². The highest BCUT2D eigenvalue weighted by Gasteiger charge is 2.06. The van der Waals surface area contributed by atoms with Gasteiger partial charge in [-0.1, -0.05) is 0 Å². The molecule has 1 N–H and O–H groups in total. The molecule has 0 aliphatic carbocycles. The molecule has 2 rings (SSSR count). The molecule has 0 radical (unpaired) electrons. The molecule has 22 heavy (non-hydrogen) atoms. The Balaban J connectivity index is 1.85. The number of aromatic nitrogens is 5. The van der Waals surface area contributed by atoms with E-state index in [4.69, 9.17) is 0 Å². The number of carbonyl (C=O) groups is 1. The highest BCUT2D eigenvalue weighted by Crippen LogP contribution is 2.04. The number of nitrogens with zero attached hydrogens (tertiary/aromatic N) is 6. The van der Waals surface area contributed by atoms with Gasteiger partial charge in [0.25, 0.3) is 0 Å². The smallest absolute Gasteiger partial charge is 0.244 e. The van der Waals surface area contributed by atoms with Gasteiger partial charge in [-0.25, -0.2) is 15.0 Å². The van der Waals surface area contributed by atoms with E-state index in [0.29, 0.717) is 12.5 Å². The molecule has 1 amide bonds. The highest BCUT2D eigenvalue weighted by atomic mass is 16.1. The summed E-state index contributed by atoms with van der Waals surface area (Å²) in [4.78, 5) is 25.9. The highest BCUT2D eigenvalue weighted by molar-refractivity contribution is 5.91. The molecule has 0 bridgehead atoms. The molecular formula is C14H19N7O. The van der Waals surface area contributed by atoms with Crippen molar-refractivity contribution < 1.29 is 4.79 Å². The van der Waals surface area contributed by atoms with Crippen LogP contribution in [0.5, 0.6) is 0 Å². The minimum atomic E-state index is -0.177. The first kappa shape index (κ1) is 15.6. The van der Waals surface area contributed by atoms with Crippen LogP contribution in [0.2, 0.25) is 0 Å². The average Bonchev–Trinajstić information content (AvgIpc) is 2.98. The SMILES string of the molecule is CC(Cn1cncn1)NC(=O)/C=C/c1cnc(N(C)C)nc1. The number of rotatable bonds is 6. The summed E-state index contributed by atoms with van der Waals surface area (Å²) in [5.41, 5.74) is 0.768. The summed E-state index contributed by atoms with van der Waals surface area (Å²) in [6.45, 7) is 2.47. The Labute approximate surface area is 128 Å². The Morgan fingerprint density at radius 3 is 2.73 bits per heavy atom. The average molecular weight is 301 g/mol. The summed E-state index contributed by atoms with van der Waals surface area (Å²) in [5, 5.41) is 6.85. The number of carbonyl (C=O) groups excluding carboxylic acids is 1. The van der Waals surface area contributed by atoms with Crippen LogP contribution in [-0.4, -0.2) is 50.8 Å². The third-order valence-electron chi connectivity index (χ3n) is 2.80. The molecule has 0 aliphatic heterocycles. The van der Waals surface area contributed by atoms with Crippen molar-refractivity contribution >= 4 is 17.9 Å². The predicted octanol–water partition coefficient (Wildman–Crippen LogP) is 0.352. The third kappa shape index (κ3) is 4.65. The van der Waals surface area contributed by atoms with Gasteiger partial charge in [-0.3, -0.25) is 9.48 Å². The largest absolute Gasteiger partial charge is 0.348 e. The van der Waals surface area contributed by atoms with Crippen LogP contribution in [0.1, 0.15) is 12.5 Å². The molecule has 0 fully saturated rings. The Morgan fingerprint density at radius 1 is 1.41 bits per heavy atom. The van der Waals surface area contributed by atoms with Gasteiger partial charge in [-0.15, -0.1) is 0 Å². The second-order valence-corrected chi connectivity index (χ2v) is 5.07. The number of amides is 1. The lowest BCUT2D eigenvalue weighted by molar-refractivity contribution is -0.117. The van der Waals surface area contributed by atoms with Crippen LogP contribution < -0.4 is 10.2 Å². The fourth-order valence-electron chi connectivity index (χ4n) is 1.76. The molecule has 8 heteroatoms. The summed E-state index contributed by atoms with van der Waals surface area (Å²) in [6.07, 6.45) is 9.56. The van der Waals surface area contributed by atoms with Crippen molar-refractivity contribution in [3.8, 4) is 0 Å². The zero-order valence-corrected chi connectivity index (χ0v) is 12.8. The lowest BCUT2D eigenvalue weighted by Crippen LogP contribution is -2.34. The van der Waals surface area contributed by atoms with Gasteiger partial charge in [0.15, 0.2) is 0 Å². The van der Waals surface area contributed by atoms with Gasteiger partial charge < -0.3 is 10.2 Å². The molecule has 0 saturated heterocycles. The number of anilines is 1. The summed E-state index contributed by atoms with van der Waals surface area (Å²) in [5.74, 6) is 0.451. The van der Waals surface area contributed by atoms with Crippen molar-refractivity contribution in [1.82, 2.24) is 30.0 Å². The first-order valence-electron chi connectivity index (χ1n) is 6.85. The Morgan fingerprint density at radius 2 is 2.14 bits per heavy atom. The molecule has 2 heterocycles. The Bertz CT molecular complexity index is 619. The molecule has 8 nitrogen and oxygen atoms in total. The van der Waals surface area contributed by atoms with Crippen LogP contribution in [0.4, 0.5) is 5.95 Å². The van der Waals surface area contributed by atoms with Crippen molar-refractivity contribution in [3.05, 3.63) is 36.7 Å². The summed E-state index contributed by atoms with van der Waals surface area (Å²) in [7, 11) is 3.74. The van der Waals surface area contributed by atoms with Crippen molar-refractivity contribution in [3.63, 3.8) is 0 Å². The predicted molar refractivity (Wildman–Crippen MR) is 83.0 cm³/mol. The van der Waals surface area contributed by atoms with Gasteiger partial charge in [-0.2, -0.15) is 5.10 Å². The van der Waals surface area contributed by atoms with E-state index in [1.807, 2.05) is 25.9 Å². The van der Waals surface area contributed by atoms with E-state index in [9.17, 15) is 4.79 Å². The van der Waals surface area contributed by atoms with Gasteiger partial charge in [0, 0.05) is 44.2 Å². The molecule has 0 aromatic carbocycles. The lowest BCUT2D eigenvalue weighted by Gasteiger charge is -2.11. The van der Waals surface area contributed by atoms with Gasteiger partial charge in [0.05, 0.1) is 6.54 Å². The van der Waals surface area contributed by atoms with Crippen LogP contribution in [-0.2, 0) is 11.3 Å². The van der Waals surface area contributed by atoms with Gasteiger partial charge in [0.2, 0.25) is 11.9 Å². The first-order valence-corrected chi connectivity index (χ1v) is 6.85. The standard InChI is InChI=1S/C14H19N7O/c1-11(8-21-10-15-9-18-21)19-13(22)5-4-12-6-16-14(17-7-12)20(2)3/h4-7,9-11H,8H2,1-3H3,(H,19,22)/b5-4+. The molecule has 1 unspecified atom stereocenters. The van der Waals surface area contributed by atoms with Crippen LogP contribution >= 0.6 is 0 Å². The van der Waals surface area contributed by atoms with Crippen molar-refractivity contribution in [2.75, 3.05) is 19.0 Å². The second kappa shape index (κ2) is 7.30. The van der Waals surface area contributed by atoms with Gasteiger partial charge >= 0.3 is 0 Å². The zero-order valence-electron chi connectivity index (χ0n) is 12.8.